The van der Waals surface area contributed by atoms with E-state index in [2.05, 4.69) is 5.32 Å². The van der Waals surface area contributed by atoms with E-state index in [4.69, 9.17) is 16.3 Å². The standard InChI is InChI=1S/C22H21ClFNO3/c1-28-16-8-10-22(11-9-16)20(26)19(21(27)25-22)17-12-14(4-7-18(17)23)13-2-5-15(24)6-3-13/h2-7,12,16,26H,8-11H2,1H3,(H,25,27)/t16-,22-. The predicted octanol–water partition coefficient (Wildman–Crippen LogP) is 4.87. The Balaban J connectivity index is 1.74. The zero-order valence-corrected chi connectivity index (χ0v) is 16.2. The van der Waals surface area contributed by atoms with Gasteiger partial charge in [-0.1, -0.05) is 29.8 Å². The predicted molar refractivity (Wildman–Crippen MR) is 107 cm³/mol. The van der Waals surface area contributed by atoms with Crippen LogP contribution in [0.25, 0.3) is 16.7 Å². The van der Waals surface area contributed by atoms with Crippen molar-refractivity contribution in [2.24, 2.45) is 0 Å². The molecule has 0 aromatic heterocycles. The highest BCUT2D eigenvalue weighted by atomic mass is 35.5. The number of carbonyl (C=O) groups is 1. The van der Waals surface area contributed by atoms with Gasteiger partial charge in [0.25, 0.3) is 5.91 Å². The normalized spacial score (nSPS) is 24.7. The summed E-state index contributed by atoms with van der Waals surface area (Å²) in [6, 6.07) is 11.4. The lowest BCUT2D eigenvalue weighted by Gasteiger charge is -2.36. The van der Waals surface area contributed by atoms with E-state index in [9.17, 15) is 14.3 Å². The molecule has 1 aliphatic carbocycles. The number of ether oxygens (including phenoxy) is 1. The van der Waals surface area contributed by atoms with Crippen LogP contribution < -0.4 is 5.32 Å². The molecule has 1 amide bonds. The molecule has 1 spiro atoms. The molecule has 0 atom stereocenters. The molecular weight excluding hydrogens is 381 g/mol. The highest BCUT2D eigenvalue weighted by molar-refractivity contribution is 6.35. The fourth-order valence-corrected chi connectivity index (χ4v) is 4.37. The van der Waals surface area contributed by atoms with Crippen molar-refractivity contribution in [3.05, 3.63) is 64.6 Å². The second kappa shape index (κ2) is 7.22. The lowest BCUT2D eigenvalue weighted by molar-refractivity contribution is -0.116. The molecule has 2 aromatic rings. The van der Waals surface area contributed by atoms with Crippen LogP contribution in [0.3, 0.4) is 0 Å². The number of methoxy groups -OCH3 is 1. The average molecular weight is 402 g/mol. The molecule has 1 aliphatic heterocycles. The monoisotopic (exact) mass is 401 g/mol. The maximum absolute atomic E-state index is 13.2. The highest BCUT2D eigenvalue weighted by Gasteiger charge is 2.48. The van der Waals surface area contributed by atoms with E-state index in [-0.39, 0.29) is 29.2 Å². The van der Waals surface area contributed by atoms with Crippen LogP contribution >= 0.6 is 11.6 Å². The summed E-state index contributed by atoms with van der Waals surface area (Å²) in [7, 11) is 1.68. The third-order valence-corrected chi connectivity index (χ3v) is 6.13. The van der Waals surface area contributed by atoms with Crippen LogP contribution in [-0.2, 0) is 9.53 Å². The fourth-order valence-electron chi connectivity index (χ4n) is 4.16. The zero-order chi connectivity index (χ0) is 19.9. The summed E-state index contributed by atoms with van der Waals surface area (Å²) in [6.45, 7) is 0. The summed E-state index contributed by atoms with van der Waals surface area (Å²) < 4.78 is 18.6. The van der Waals surface area contributed by atoms with Gasteiger partial charge in [0.1, 0.15) is 11.6 Å². The summed E-state index contributed by atoms with van der Waals surface area (Å²) in [4.78, 5) is 12.8. The molecule has 0 saturated heterocycles. The molecule has 4 nitrogen and oxygen atoms in total. The van der Waals surface area contributed by atoms with Gasteiger partial charge in [-0.3, -0.25) is 4.79 Å². The number of hydrogen-bond donors (Lipinski definition) is 2. The molecule has 4 rings (SSSR count). The van der Waals surface area contributed by atoms with E-state index in [1.54, 1.807) is 31.4 Å². The second-order valence-electron chi connectivity index (χ2n) is 7.40. The van der Waals surface area contributed by atoms with Gasteiger partial charge >= 0.3 is 0 Å². The number of halogens is 2. The summed E-state index contributed by atoms with van der Waals surface area (Å²) in [5.74, 6) is -0.598. The van der Waals surface area contributed by atoms with Crippen molar-refractivity contribution in [1.82, 2.24) is 5.32 Å². The number of hydrogen-bond acceptors (Lipinski definition) is 3. The maximum Gasteiger partial charge on any atom is 0.256 e. The zero-order valence-electron chi connectivity index (χ0n) is 15.5. The molecular formula is C22H21ClFNO3. The summed E-state index contributed by atoms with van der Waals surface area (Å²) in [5, 5.41) is 14.4. The first-order valence-electron chi connectivity index (χ1n) is 9.28. The molecule has 28 heavy (non-hydrogen) atoms. The third kappa shape index (κ3) is 3.19. The highest BCUT2D eigenvalue weighted by Crippen LogP contribution is 2.43. The van der Waals surface area contributed by atoms with Gasteiger partial charge in [0.15, 0.2) is 0 Å². The fraction of sp³-hybridized carbons (Fsp3) is 0.318. The van der Waals surface area contributed by atoms with Crippen LogP contribution in [0, 0.1) is 5.82 Å². The van der Waals surface area contributed by atoms with Gasteiger partial charge in [-0.15, -0.1) is 0 Å². The van der Waals surface area contributed by atoms with Crippen molar-refractivity contribution in [3.63, 3.8) is 0 Å². The number of nitrogens with one attached hydrogen (secondary N) is 1. The summed E-state index contributed by atoms with van der Waals surface area (Å²) >= 11 is 6.39. The summed E-state index contributed by atoms with van der Waals surface area (Å²) in [6.07, 6.45) is 2.89. The Morgan fingerprint density at radius 1 is 1.14 bits per heavy atom. The Bertz CT molecular complexity index is 947. The van der Waals surface area contributed by atoms with E-state index in [1.807, 2.05) is 6.07 Å². The number of carbonyl (C=O) groups excluding carboxylic acids is 1. The SMILES string of the molecule is CO[C@H]1CC[C@@]2(CC1)NC(=O)C(c1cc(-c3ccc(F)cc3)ccc1Cl)=C2O. The second-order valence-corrected chi connectivity index (χ2v) is 7.80. The van der Waals surface area contributed by atoms with Gasteiger partial charge in [0.05, 0.1) is 17.2 Å². The largest absolute Gasteiger partial charge is 0.509 e. The lowest BCUT2D eigenvalue weighted by Crippen LogP contribution is -2.48. The minimum atomic E-state index is -0.753. The van der Waals surface area contributed by atoms with Crippen molar-refractivity contribution < 1.29 is 19.0 Å². The topological polar surface area (TPSA) is 58.6 Å². The van der Waals surface area contributed by atoms with Crippen molar-refractivity contribution in [1.29, 1.82) is 0 Å². The molecule has 2 N–H and O–H groups in total. The van der Waals surface area contributed by atoms with Gasteiger partial charge in [0.2, 0.25) is 0 Å². The first-order valence-corrected chi connectivity index (χ1v) is 9.66. The molecule has 1 heterocycles. The summed E-state index contributed by atoms with van der Waals surface area (Å²) in [5.41, 5.74) is 1.52. The first kappa shape index (κ1) is 19.0. The average Bonchev–Trinajstić information content (AvgIpc) is 2.93. The Morgan fingerprint density at radius 3 is 2.43 bits per heavy atom. The van der Waals surface area contributed by atoms with Gasteiger partial charge in [-0.05, 0) is 61.1 Å². The van der Waals surface area contributed by atoms with Crippen LogP contribution in [0.1, 0.15) is 31.2 Å². The van der Waals surface area contributed by atoms with Crippen molar-refractivity contribution in [3.8, 4) is 11.1 Å². The molecule has 1 saturated carbocycles. The first-order chi connectivity index (χ1) is 13.4. The minimum Gasteiger partial charge on any atom is -0.509 e. The van der Waals surface area contributed by atoms with E-state index in [0.717, 1.165) is 24.0 Å². The van der Waals surface area contributed by atoms with Crippen molar-refractivity contribution >= 4 is 23.1 Å². The van der Waals surface area contributed by atoms with Gasteiger partial charge in [-0.2, -0.15) is 0 Å². The van der Waals surface area contributed by atoms with Crippen LogP contribution in [0.5, 0.6) is 0 Å². The smallest absolute Gasteiger partial charge is 0.256 e. The number of rotatable bonds is 3. The van der Waals surface area contributed by atoms with E-state index < -0.39 is 5.54 Å². The maximum atomic E-state index is 13.2. The molecule has 2 aromatic carbocycles. The van der Waals surface area contributed by atoms with Crippen LogP contribution in [-0.4, -0.2) is 29.8 Å². The Hall–Kier alpha value is -2.37. The van der Waals surface area contributed by atoms with E-state index in [0.29, 0.717) is 23.4 Å². The molecule has 146 valence electrons. The van der Waals surface area contributed by atoms with Crippen molar-refractivity contribution in [2.75, 3.05) is 7.11 Å². The number of benzene rings is 2. The lowest BCUT2D eigenvalue weighted by atomic mass is 9.79. The molecule has 0 radical (unpaired) electrons. The van der Waals surface area contributed by atoms with Crippen LogP contribution in [0.2, 0.25) is 5.02 Å². The minimum absolute atomic E-state index is 0.0465. The molecule has 0 unspecified atom stereocenters. The Labute approximate surface area is 168 Å². The van der Waals surface area contributed by atoms with Crippen LogP contribution in [0.4, 0.5) is 4.39 Å². The van der Waals surface area contributed by atoms with Gasteiger partial charge in [0, 0.05) is 17.7 Å². The Morgan fingerprint density at radius 2 is 1.79 bits per heavy atom. The van der Waals surface area contributed by atoms with Crippen molar-refractivity contribution in [2.45, 2.75) is 37.3 Å². The molecule has 6 heteroatoms. The Kier molecular flexibility index (Phi) is 4.89. The van der Waals surface area contributed by atoms with Gasteiger partial charge < -0.3 is 15.2 Å². The van der Waals surface area contributed by atoms with Crippen LogP contribution in [0.15, 0.2) is 48.2 Å². The third-order valence-electron chi connectivity index (χ3n) is 5.80. The molecule has 0 bridgehead atoms. The number of amides is 1. The quantitative estimate of drug-likeness (QED) is 0.771. The van der Waals surface area contributed by atoms with E-state index in [1.165, 1.54) is 12.1 Å². The number of aliphatic hydroxyl groups is 1. The van der Waals surface area contributed by atoms with Gasteiger partial charge in [-0.25, -0.2) is 4.39 Å². The molecule has 2 aliphatic rings. The van der Waals surface area contributed by atoms with E-state index >= 15 is 0 Å². The number of aliphatic hydroxyl groups excluding tert-OH is 1. The molecule has 1 fully saturated rings.